The molecule has 1 fully saturated rings. The first-order valence-corrected chi connectivity index (χ1v) is 8.16. The average molecular weight is 325 g/mol. The van der Waals surface area contributed by atoms with Crippen LogP contribution >= 0.6 is 15.9 Å². The second-order valence-corrected chi connectivity index (χ2v) is 6.66. The molecule has 2 N–H and O–H groups in total. The number of anilines is 1. The lowest BCUT2D eigenvalue weighted by Gasteiger charge is -2.32. The highest BCUT2D eigenvalue weighted by molar-refractivity contribution is 9.10. The molecule has 0 amide bonds. The van der Waals surface area contributed by atoms with E-state index in [9.17, 15) is 0 Å². The molecule has 1 unspecified atom stereocenters. The molecule has 0 aliphatic heterocycles. The van der Waals surface area contributed by atoms with Gasteiger partial charge in [-0.1, -0.05) is 41.6 Å². The Labute approximate surface area is 125 Å². The third-order valence-corrected chi connectivity index (χ3v) is 4.73. The summed E-state index contributed by atoms with van der Waals surface area (Å²) in [5.41, 5.74) is 8.67. The van der Waals surface area contributed by atoms with Crippen molar-refractivity contribution in [1.29, 1.82) is 0 Å². The maximum Gasteiger partial charge on any atom is 0.0415 e. The zero-order chi connectivity index (χ0) is 13.8. The SMILES string of the molecule is CC(N)c1cc(Br)ccc1N(C)C1CCCCCC1. The van der Waals surface area contributed by atoms with Crippen LogP contribution in [0.1, 0.15) is 57.1 Å². The van der Waals surface area contributed by atoms with E-state index >= 15 is 0 Å². The first-order valence-electron chi connectivity index (χ1n) is 7.37. The lowest BCUT2D eigenvalue weighted by Crippen LogP contribution is -2.32. The van der Waals surface area contributed by atoms with Crippen LogP contribution in [-0.4, -0.2) is 13.1 Å². The van der Waals surface area contributed by atoms with Crippen molar-refractivity contribution in [3.05, 3.63) is 28.2 Å². The predicted molar refractivity (Wildman–Crippen MR) is 86.6 cm³/mol. The first-order chi connectivity index (χ1) is 9.09. The van der Waals surface area contributed by atoms with Crippen LogP contribution in [0.15, 0.2) is 22.7 Å². The molecule has 19 heavy (non-hydrogen) atoms. The predicted octanol–water partition coefficient (Wildman–Crippen LogP) is 4.63. The van der Waals surface area contributed by atoms with Crippen molar-refractivity contribution in [2.45, 2.75) is 57.5 Å². The van der Waals surface area contributed by atoms with Crippen molar-refractivity contribution >= 4 is 21.6 Å². The second kappa shape index (κ2) is 6.76. The molecule has 1 aliphatic carbocycles. The van der Waals surface area contributed by atoms with Crippen LogP contribution < -0.4 is 10.6 Å². The van der Waals surface area contributed by atoms with Crippen LogP contribution in [0.4, 0.5) is 5.69 Å². The molecular weight excluding hydrogens is 300 g/mol. The van der Waals surface area contributed by atoms with Gasteiger partial charge in [0.2, 0.25) is 0 Å². The van der Waals surface area contributed by atoms with Crippen molar-refractivity contribution in [2.24, 2.45) is 5.73 Å². The van der Waals surface area contributed by atoms with Crippen molar-refractivity contribution in [3.63, 3.8) is 0 Å². The van der Waals surface area contributed by atoms with Gasteiger partial charge in [-0.2, -0.15) is 0 Å². The van der Waals surface area contributed by atoms with Crippen LogP contribution in [0.5, 0.6) is 0 Å². The largest absolute Gasteiger partial charge is 0.371 e. The topological polar surface area (TPSA) is 29.3 Å². The molecule has 2 rings (SSSR count). The summed E-state index contributed by atoms with van der Waals surface area (Å²) in [5, 5.41) is 0. The Morgan fingerprint density at radius 1 is 1.21 bits per heavy atom. The smallest absolute Gasteiger partial charge is 0.0415 e. The Morgan fingerprint density at radius 2 is 1.84 bits per heavy atom. The number of hydrogen-bond acceptors (Lipinski definition) is 2. The monoisotopic (exact) mass is 324 g/mol. The van der Waals surface area contributed by atoms with Gasteiger partial charge in [-0.25, -0.2) is 0 Å². The standard InChI is InChI=1S/C16H25BrN2/c1-12(18)15-11-13(17)9-10-16(15)19(2)14-7-5-3-4-6-8-14/h9-12,14H,3-8,18H2,1-2H3. The molecule has 1 aromatic carbocycles. The van der Waals surface area contributed by atoms with E-state index in [2.05, 4.69) is 53.0 Å². The summed E-state index contributed by atoms with van der Waals surface area (Å²) in [6.07, 6.45) is 8.13. The van der Waals surface area contributed by atoms with Crippen LogP contribution in [0, 0.1) is 0 Å². The summed E-state index contributed by atoms with van der Waals surface area (Å²) < 4.78 is 1.11. The van der Waals surface area contributed by atoms with Crippen molar-refractivity contribution < 1.29 is 0 Å². The Bertz CT molecular complexity index is 409. The Kier molecular flexibility index (Phi) is 5.28. The zero-order valence-corrected chi connectivity index (χ0v) is 13.6. The van der Waals surface area contributed by atoms with Crippen LogP contribution in [0.2, 0.25) is 0 Å². The lowest BCUT2D eigenvalue weighted by molar-refractivity contribution is 0.550. The molecule has 3 heteroatoms. The molecule has 0 bridgehead atoms. The average Bonchev–Trinajstić information content (AvgIpc) is 2.66. The Hall–Kier alpha value is -0.540. The minimum Gasteiger partial charge on any atom is -0.371 e. The van der Waals surface area contributed by atoms with E-state index in [1.54, 1.807) is 0 Å². The van der Waals surface area contributed by atoms with E-state index in [1.807, 2.05) is 0 Å². The normalized spacial score (nSPS) is 18.9. The summed E-state index contributed by atoms with van der Waals surface area (Å²) in [6.45, 7) is 2.06. The quantitative estimate of drug-likeness (QED) is 0.821. The van der Waals surface area contributed by atoms with Crippen molar-refractivity contribution in [2.75, 3.05) is 11.9 Å². The molecule has 1 aliphatic rings. The number of benzene rings is 1. The summed E-state index contributed by atoms with van der Waals surface area (Å²) in [6, 6.07) is 7.22. The minimum atomic E-state index is 0.0701. The van der Waals surface area contributed by atoms with Gasteiger partial charge in [-0.05, 0) is 43.5 Å². The van der Waals surface area contributed by atoms with E-state index in [1.165, 1.54) is 49.8 Å². The second-order valence-electron chi connectivity index (χ2n) is 5.75. The molecule has 2 nitrogen and oxygen atoms in total. The van der Waals surface area contributed by atoms with E-state index in [0.717, 1.165) is 4.47 Å². The van der Waals surface area contributed by atoms with Crippen LogP contribution in [0.3, 0.4) is 0 Å². The van der Waals surface area contributed by atoms with Gasteiger partial charge in [0.1, 0.15) is 0 Å². The van der Waals surface area contributed by atoms with Gasteiger partial charge < -0.3 is 10.6 Å². The Balaban J connectivity index is 2.24. The number of rotatable bonds is 3. The summed E-state index contributed by atoms with van der Waals surface area (Å²) >= 11 is 3.55. The molecule has 0 saturated heterocycles. The van der Waals surface area contributed by atoms with E-state index in [-0.39, 0.29) is 6.04 Å². The number of nitrogens with two attached hydrogens (primary N) is 1. The molecule has 0 heterocycles. The van der Waals surface area contributed by atoms with Gasteiger partial charge in [0.05, 0.1) is 0 Å². The fraction of sp³-hybridized carbons (Fsp3) is 0.625. The van der Waals surface area contributed by atoms with Gasteiger partial charge in [-0.3, -0.25) is 0 Å². The van der Waals surface area contributed by atoms with E-state index in [0.29, 0.717) is 6.04 Å². The molecule has 1 saturated carbocycles. The highest BCUT2D eigenvalue weighted by atomic mass is 79.9. The van der Waals surface area contributed by atoms with Crippen LogP contribution in [0.25, 0.3) is 0 Å². The highest BCUT2D eigenvalue weighted by Gasteiger charge is 2.20. The minimum absolute atomic E-state index is 0.0701. The number of nitrogens with zero attached hydrogens (tertiary/aromatic N) is 1. The first kappa shape index (κ1) is 14.9. The molecule has 0 aromatic heterocycles. The van der Waals surface area contributed by atoms with Crippen molar-refractivity contribution in [3.8, 4) is 0 Å². The summed E-state index contributed by atoms with van der Waals surface area (Å²) in [7, 11) is 2.23. The van der Waals surface area contributed by atoms with E-state index in [4.69, 9.17) is 5.73 Å². The molecule has 1 aromatic rings. The van der Waals surface area contributed by atoms with Gasteiger partial charge in [-0.15, -0.1) is 0 Å². The molecule has 0 radical (unpaired) electrons. The third-order valence-electron chi connectivity index (χ3n) is 4.23. The molecule has 1 atom stereocenters. The van der Waals surface area contributed by atoms with E-state index < -0.39 is 0 Å². The van der Waals surface area contributed by atoms with Gasteiger partial charge in [0, 0.05) is 29.3 Å². The Morgan fingerprint density at radius 3 is 2.42 bits per heavy atom. The lowest BCUT2D eigenvalue weighted by atomic mass is 10.0. The van der Waals surface area contributed by atoms with Gasteiger partial charge >= 0.3 is 0 Å². The maximum atomic E-state index is 6.13. The van der Waals surface area contributed by atoms with Gasteiger partial charge in [0.25, 0.3) is 0 Å². The van der Waals surface area contributed by atoms with Crippen molar-refractivity contribution in [1.82, 2.24) is 0 Å². The third kappa shape index (κ3) is 3.73. The zero-order valence-electron chi connectivity index (χ0n) is 12.0. The van der Waals surface area contributed by atoms with Crippen LogP contribution in [-0.2, 0) is 0 Å². The number of hydrogen-bond donors (Lipinski definition) is 1. The summed E-state index contributed by atoms with van der Waals surface area (Å²) in [5.74, 6) is 0. The number of halogens is 1. The maximum absolute atomic E-state index is 6.13. The van der Waals surface area contributed by atoms with Gasteiger partial charge in [0.15, 0.2) is 0 Å². The summed E-state index contributed by atoms with van der Waals surface area (Å²) in [4.78, 5) is 2.45. The fourth-order valence-corrected chi connectivity index (χ4v) is 3.43. The molecular formula is C16H25BrN2. The molecule has 0 spiro atoms. The fourth-order valence-electron chi connectivity index (χ4n) is 3.05. The molecule has 106 valence electrons. The highest BCUT2D eigenvalue weighted by Crippen LogP contribution is 2.32.